The molecule has 26 heavy (non-hydrogen) atoms. The minimum Gasteiger partial charge on any atom is -0.368 e. The summed E-state index contributed by atoms with van der Waals surface area (Å²) in [5, 5.41) is 6.57. The average molecular weight is 370 g/mol. The number of fused-ring (bicyclic) bond motifs is 1. The Kier molecular flexibility index (Phi) is 4.78. The number of rotatable bonds is 4. The Labute approximate surface area is 156 Å². The van der Waals surface area contributed by atoms with Gasteiger partial charge in [-0.1, -0.05) is 17.7 Å². The van der Waals surface area contributed by atoms with Crippen LogP contribution in [-0.2, 0) is 22.4 Å². The van der Waals surface area contributed by atoms with Crippen molar-refractivity contribution in [2.75, 3.05) is 17.2 Å². The van der Waals surface area contributed by atoms with Crippen molar-refractivity contribution in [3.8, 4) is 0 Å². The molecule has 1 aliphatic heterocycles. The molecule has 0 saturated carbocycles. The van der Waals surface area contributed by atoms with E-state index in [0.717, 1.165) is 48.9 Å². The summed E-state index contributed by atoms with van der Waals surface area (Å²) < 4.78 is 5.46. The zero-order valence-electron chi connectivity index (χ0n) is 14.8. The quantitative estimate of drug-likeness (QED) is 0.857. The van der Waals surface area contributed by atoms with Gasteiger partial charge in [0.2, 0.25) is 0 Å². The molecule has 4 rings (SSSR count). The van der Waals surface area contributed by atoms with Crippen molar-refractivity contribution in [2.24, 2.45) is 0 Å². The van der Waals surface area contributed by atoms with E-state index in [9.17, 15) is 9.59 Å². The van der Waals surface area contributed by atoms with Crippen LogP contribution >= 0.6 is 11.3 Å². The maximum absolute atomic E-state index is 13.0. The number of amides is 2. The zero-order valence-corrected chi connectivity index (χ0v) is 15.6. The van der Waals surface area contributed by atoms with E-state index in [0.29, 0.717) is 17.2 Å². The van der Waals surface area contributed by atoms with Gasteiger partial charge in [-0.3, -0.25) is 9.59 Å². The standard InChI is InChI=1S/C20H22N2O3S/c1-12-7-9-13(10-8-12)21-19(24)17-14-4-2-6-16(14)26-20(17)22-18(23)15-5-3-11-25-15/h7-10,15H,2-6,11H2,1H3,(H,21,24)(H,22,23)/t15-/m0/s1. The normalized spacial score (nSPS) is 18.6. The number of aryl methyl sites for hydroxylation is 2. The van der Waals surface area contributed by atoms with Gasteiger partial charge in [-0.15, -0.1) is 11.3 Å². The van der Waals surface area contributed by atoms with Gasteiger partial charge in [0.1, 0.15) is 11.1 Å². The number of nitrogens with one attached hydrogen (secondary N) is 2. The Morgan fingerprint density at radius 3 is 2.65 bits per heavy atom. The maximum Gasteiger partial charge on any atom is 0.258 e. The summed E-state index contributed by atoms with van der Waals surface area (Å²) in [5.41, 5.74) is 3.61. The third-order valence-electron chi connectivity index (χ3n) is 4.92. The molecule has 1 fully saturated rings. The number of anilines is 2. The predicted molar refractivity (Wildman–Crippen MR) is 103 cm³/mol. The summed E-state index contributed by atoms with van der Waals surface area (Å²) in [7, 11) is 0. The first-order valence-electron chi connectivity index (χ1n) is 9.07. The zero-order chi connectivity index (χ0) is 18.1. The lowest BCUT2D eigenvalue weighted by molar-refractivity contribution is -0.124. The highest BCUT2D eigenvalue weighted by molar-refractivity contribution is 7.17. The fourth-order valence-electron chi connectivity index (χ4n) is 3.54. The summed E-state index contributed by atoms with van der Waals surface area (Å²) in [5.74, 6) is -0.303. The van der Waals surface area contributed by atoms with Crippen molar-refractivity contribution in [1.82, 2.24) is 0 Å². The summed E-state index contributed by atoms with van der Waals surface area (Å²) >= 11 is 1.53. The van der Waals surface area contributed by atoms with Crippen LogP contribution in [0.5, 0.6) is 0 Å². The van der Waals surface area contributed by atoms with Crippen LogP contribution in [0.4, 0.5) is 10.7 Å². The van der Waals surface area contributed by atoms with E-state index >= 15 is 0 Å². The Morgan fingerprint density at radius 2 is 1.92 bits per heavy atom. The molecule has 0 spiro atoms. The molecule has 0 bridgehead atoms. The van der Waals surface area contributed by atoms with Crippen molar-refractivity contribution in [3.05, 3.63) is 45.8 Å². The van der Waals surface area contributed by atoms with Gasteiger partial charge in [0.25, 0.3) is 11.8 Å². The van der Waals surface area contributed by atoms with Crippen molar-refractivity contribution in [2.45, 2.75) is 45.1 Å². The fraction of sp³-hybridized carbons (Fsp3) is 0.400. The van der Waals surface area contributed by atoms with Gasteiger partial charge < -0.3 is 15.4 Å². The van der Waals surface area contributed by atoms with E-state index in [1.165, 1.54) is 16.2 Å². The summed E-state index contributed by atoms with van der Waals surface area (Å²) in [6.07, 6.45) is 4.16. The van der Waals surface area contributed by atoms with Gasteiger partial charge in [0.15, 0.2) is 0 Å². The molecule has 2 heterocycles. The number of thiophene rings is 1. The lowest BCUT2D eigenvalue weighted by Gasteiger charge is -2.12. The van der Waals surface area contributed by atoms with E-state index in [4.69, 9.17) is 4.74 Å². The first-order valence-corrected chi connectivity index (χ1v) is 9.88. The van der Waals surface area contributed by atoms with Crippen molar-refractivity contribution < 1.29 is 14.3 Å². The molecule has 2 N–H and O–H groups in total. The van der Waals surface area contributed by atoms with Gasteiger partial charge in [-0.05, 0) is 56.7 Å². The number of hydrogen-bond donors (Lipinski definition) is 2. The van der Waals surface area contributed by atoms with Gasteiger partial charge in [0.05, 0.1) is 5.56 Å². The first-order chi connectivity index (χ1) is 12.6. The molecule has 0 radical (unpaired) electrons. The van der Waals surface area contributed by atoms with Gasteiger partial charge in [-0.2, -0.15) is 0 Å². The Hall–Kier alpha value is -2.18. The number of benzene rings is 1. The molecule has 1 aromatic carbocycles. The van der Waals surface area contributed by atoms with Gasteiger partial charge in [-0.25, -0.2) is 0 Å². The summed E-state index contributed by atoms with van der Waals surface area (Å²) in [6, 6.07) is 7.72. The molecule has 2 aromatic rings. The molecule has 1 aromatic heterocycles. The maximum atomic E-state index is 13.0. The van der Waals surface area contributed by atoms with Gasteiger partial charge >= 0.3 is 0 Å². The molecular formula is C20H22N2O3S. The molecule has 2 amide bonds. The van der Waals surface area contributed by atoms with Crippen molar-refractivity contribution in [3.63, 3.8) is 0 Å². The number of carbonyl (C=O) groups excluding carboxylic acids is 2. The summed E-state index contributed by atoms with van der Waals surface area (Å²) in [6.45, 7) is 2.63. The van der Waals surface area contributed by atoms with Crippen LogP contribution in [0, 0.1) is 6.92 Å². The largest absolute Gasteiger partial charge is 0.368 e. The topological polar surface area (TPSA) is 67.4 Å². The highest BCUT2D eigenvalue weighted by Crippen LogP contribution is 2.39. The fourth-order valence-corrected chi connectivity index (χ4v) is 4.83. The number of ether oxygens (including phenoxy) is 1. The smallest absolute Gasteiger partial charge is 0.258 e. The second-order valence-electron chi connectivity index (χ2n) is 6.87. The Bertz CT molecular complexity index is 835. The lowest BCUT2D eigenvalue weighted by atomic mass is 10.1. The molecule has 6 heteroatoms. The van der Waals surface area contributed by atoms with Crippen LogP contribution in [0.2, 0.25) is 0 Å². The SMILES string of the molecule is Cc1ccc(NC(=O)c2c(NC(=O)[C@@H]3CCCO3)sc3c2CCC3)cc1. The molecule has 0 unspecified atom stereocenters. The second-order valence-corrected chi connectivity index (χ2v) is 7.98. The van der Waals surface area contributed by atoms with Crippen molar-refractivity contribution >= 4 is 33.8 Å². The molecule has 1 aliphatic carbocycles. The first kappa shape index (κ1) is 17.2. The third-order valence-corrected chi connectivity index (χ3v) is 6.12. The minimum atomic E-state index is -0.403. The second kappa shape index (κ2) is 7.21. The van der Waals surface area contributed by atoms with E-state index in [1.54, 1.807) is 0 Å². The van der Waals surface area contributed by atoms with Crippen LogP contribution < -0.4 is 10.6 Å². The number of hydrogen-bond acceptors (Lipinski definition) is 4. The molecule has 1 saturated heterocycles. The van der Waals surface area contributed by atoms with E-state index in [2.05, 4.69) is 10.6 Å². The average Bonchev–Trinajstić information content (AvgIpc) is 3.33. The number of carbonyl (C=O) groups is 2. The minimum absolute atomic E-state index is 0.146. The Morgan fingerprint density at radius 1 is 1.12 bits per heavy atom. The predicted octanol–water partition coefficient (Wildman–Crippen LogP) is 3.92. The van der Waals surface area contributed by atoms with Crippen LogP contribution in [0.1, 0.15) is 45.6 Å². The molecule has 5 nitrogen and oxygen atoms in total. The molecule has 136 valence electrons. The van der Waals surface area contributed by atoms with E-state index in [1.807, 2.05) is 31.2 Å². The van der Waals surface area contributed by atoms with Crippen LogP contribution in [0.3, 0.4) is 0 Å². The van der Waals surface area contributed by atoms with E-state index < -0.39 is 6.10 Å². The summed E-state index contributed by atoms with van der Waals surface area (Å²) in [4.78, 5) is 26.6. The van der Waals surface area contributed by atoms with Crippen LogP contribution in [0.25, 0.3) is 0 Å². The lowest BCUT2D eigenvalue weighted by Crippen LogP contribution is -2.27. The van der Waals surface area contributed by atoms with Crippen LogP contribution in [-0.4, -0.2) is 24.5 Å². The highest BCUT2D eigenvalue weighted by Gasteiger charge is 2.30. The van der Waals surface area contributed by atoms with E-state index in [-0.39, 0.29) is 11.8 Å². The van der Waals surface area contributed by atoms with Gasteiger partial charge in [0, 0.05) is 17.2 Å². The highest BCUT2D eigenvalue weighted by atomic mass is 32.1. The molecule has 1 atom stereocenters. The monoisotopic (exact) mass is 370 g/mol. The van der Waals surface area contributed by atoms with Crippen LogP contribution in [0.15, 0.2) is 24.3 Å². The molecular weight excluding hydrogens is 348 g/mol. The molecule has 2 aliphatic rings. The third kappa shape index (κ3) is 3.39. The van der Waals surface area contributed by atoms with Crippen molar-refractivity contribution in [1.29, 1.82) is 0 Å². The Balaban J connectivity index is 1.58.